The fourth-order valence-electron chi connectivity index (χ4n) is 6.69. The van der Waals surface area contributed by atoms with E-state index in [1.807, 2.05) is 29.2 Å². The summed E-state index contributed by atoms with van der Waals surface area (Å²) in [6.45, 7) is 5.21. The number of carbonyl (C=O) groups is 4. The Bertz CT molecular complexity index is 1560. The van der Waals surface area contributed by atoms with Gasteiger partial charge in [-0.1, -0.05) is 50.5 Å². The lowest BCUT2D eigenvalue weighted by Crippen LogP contribution is -2.55. The number of nitrogens with one attached hydrogen (secondary N) is 3. The quantitative estimate of drug-likeness (QED) is 0.253. The van der Waals surface area contributed by atoms with Gasteiger partial charge < -0.3 is 25.6 Å². The Labute approximate surface area is 288 Å². The lowest BCUT2D eigenvalue weighted by atomic mass is 9.83. The number of amides is 4. The van der Waals surface area contributed by atoms with Crippen LogP contribution < -0.4 is 20.7 Å². The van der Waals surface area contributed by atoms with Crippen LogP contribution in [-0.2, 0) is 34.4 Å². The first kappa shape index (κ1) is 35.6. The number of piperazine rings is 1. The maximum atomic E-state index is 13.7. The average molecular weight is 672 g/mol. The van der Waals surface area contributed by atoms with E-state index in [9.17, 15) is 19.2 Å². The predicted molar refractivity (Wildman–Crippen MR) is 187 cm³/mol. The van der Waals surface area contributed by atoms with Crippen molar-refractivity contribution in [1.82, 2.24) is 30.2 Å². The van der Waals surface area contributed by atoms with Crippen LogP contribution in [0.2, 0.25) is 0 Å². The van der Waals surface area contributed by atoms with Gasteiger partial charge in [0.25, 0.3) is 5.91 Å². The van der Waals surface area contributed by atoms with Crippen molar-refractivity contribution in [3.63, 3.8) is 0 Å². The van der Waals surface area contributed by atoms with Gasteiger partial charge in [0.15, 0.2) is 0 Å². The summed E-state index contributed by atoms with van der Waals surface area (Å²) in [5.74, 6) is 0.00673. The van der Waals surface area contributed by atoms with Crippen LogP contribution in [0.15, 0.2) is 60.8 Å². The molecule has 1 aliphatic carbocycles. The van der Waals surface area contributed by atoms with E-state index in [4.69, 9.17) is 4.74 Å². The van der Waals surface area contributed by atoms with Crippen LogP contribution in [0.3, 0.4) is 0 Å². The van der Waals surface area contributed by atoms with E-state index in [0.717, 1.165) is 63.1 Å². The van der Waals surface area contributed by atoms with E-state index in [1.165, 1.54) is 10.2 Å². The zero-order valence-corrected chi connectivity index (χ0v) is 28.8. The average Bonchev–Trinajstić information content (AvgIpc) is 3.57. The Morgan fingerprint density at radius 3 is 2.16 bits per heavy atom. The number of nitrogens with zero attached hydrogens (tertiary/aromatic N) is 4. The van der Waals surface area contributed by atoms with Gasteiger partial charge in [-0.05, 0) is 60.2 Å². The van der Waals surface area contributed by atoms with Crippen LogP contribution in [0.5, 0.6) is 5.75 Å². The van der Waals surface area contributed by atoms with E-state index >= 15 is 0 Å². The van der Waals surface area contributed by atoms with Gasteiger partial charge in [0, 0.05) is 64.5 Å². The molecule has 2 atom stereocenters. The van der Waals surface area contributed by atoms with Crippen molar-refractivity contribution in [3.8, 4) is 5.75 Å². The van der Waals surface area contributed by atoms with E-state index in [0.29, 0.717) is 30.9 Å². The number of aromatic nitrogens is 2. The highest BCUT2D eigenvalue weighted by Gasteiger charge is 2.32. The number of aryl methyl sites for hydroxylation is 1. The fraction of sp³-hybridized carbons (Fsp3) is 0.486. The SMILES string of the molecule is CCC(=O)NC(Cc1ccc(NC(=O)[C@@H](NC(=O)c2ccnn2C)C2CCCCC2)cc1)C(=O)N1CCN(Cc2ccc(OC)cc2)CC1. The number of hydrogen-bond donors (Lipinski definition) is 3. The van der Waals surface area contributed by atoms with Gasteiger partial charge in [0.05, 0.1) is 7.11 Å². The molecular formula is C37H49N7O5. The Kier molecular flexibility index (Phi) is 12.4. The second-order valence-corrected chi connectivity index (χ2v) is 13.0. The number of anilines is 1. The Morgan fingerprint density at radius 1 is 0.878 bits per heavy atom. The van der Waals surface area contributed by atoms with Crippen molar-refractivity contribution >= 4 is 29.3 Å². The first-order chi connectivity index (χ1) is 23.7. The number of carbonyl (C=O) groups excluding carboxylic acids is 4. The smallest absolute Gasteiger partial charge is 0.270 e. The van der Waals surface area contributed by atoms with Crippen molar-refractivity contribution in [3.05, 3.63) is 77.6 Å². The Hall–Kier alpha value is -4.71. The first-order valence-electron chi connectivity index (χ1n) is 17.4. The van der Waals surface area contributed by atoms with Crippen molar-refractivity contribution in [2.75, 3.05) is 38.6 Å². The van der Waals surface area contributed by atoms with Crippen LogP contribution in [0.25, 0.3) is 0 Å². The Balaban J connectivity index is 1.19. The lowest BCUT2D eigenvalue weighted by molar-refractivity contribution is -0.138. The van der Waals surface area contributed by atoms with Crippen molar-refractivity contribution in [2.45, 2.75) is 70.5 Å². The van der Waals surface area contributed by atoms with Crippen LogP contribution in [0, 0.1) is 5.92 Å². The molecule has 3 N–H and O–H groups in total. The highest BCUT2D eigenvalue weighted by molar-refractivity contribution is 6.00. The summed E-state index contributed by atoms with van der Waals surface area (Å²) in [6, 6.07) is 15.6. The maximum absolute atomic E-state index is 13.7. The highest BCUT2D eigenvalue weighted by atomic mass is 16.5. The monoisotopic (exact) mass is 671 g/mol. The molecule has 0 radical (unpaired) electrons. The molecule has 5 rings (SSSR count). The van der Waals surface area contributed by atoms with Gasteiger partial charge in [-0.15, -0.1) is 0 Å². The molecular weight excluding hydrogens is 622 g/mol. The summed E-state index contributed by atoms with van der Waals surface area (Å²) in [5, 5.41) is 13.0. The zero-order chi connectivity index (χ0) is 34.8. The minimum Gasteiger partial charge on any atom is -0.497 e. The molecule has 3 aromatic rings. The van der Waals surface area contributed by atoms with Crippen LogP contribution in [0.4, 0.5) is 5.69 Å². The molecule has 4 amide bonds. The normalized spacial score (nSPS) is 16.8. The molecule has 1 aliphatic heterocycles. The molecule has 12 heteroatoms. The number of rotatable bonds is 13. The maximum Gasteiger partial charge on any atom is 0.270 e. The third-order valence-corrected chi connectivity index (χ3v) is 9.61. The minimum absolute atomic E-state index is 0.0449. The van der Waals surface area contributed by atoms with Crippen LogP contribution >= 0.6 is 0 Å². The van der Waals surface area contributed by atoms with E-state index < -0.39 is 12.1 Å². The Morgan fingerprint density at radius 2 is 1.55 bits per heavy atom. The lowest BCUT2D eigenvalue weighted by Gasteiger charge is -2.36. The van der Waals surface area contributed by atoms with Crippen molar-refractivity contribution < 1.29 is 23.9 Å². The summed E-state index contributed by atoms with van der Waals surface area (Å²) in [7, 11) is 3.35. The summed E-state index contributed by atoms with van der Waals surface area (Å²) in [5.41, 5.74) is 3.04. The van der Waals surface area contributed by atoms with Crippen molar-refractivity contribution in [2.24, 2.45) is 13.0 Å². The standard InChI is InChI=1S/C37H49N7O5/c1-4-33(45)40-31(37(48)44-22-20-43(21-23-44)25-27-12-16-30(49-3)17-13-27)24-26-10-14-29(15-11-26)39-36(47)34(28-8-6-5-7-9-28)41-35(46)32-18-19-38-42(32)2/h10-19,28,31,34H,4-9,20-25H2,1-3H3,(H,39,47)(H,40,45)(H,41,46)/t31?,34-/m0/s1. The second-order valence-electron chi connectivity index (χ2n) is 13.0. The molecule has 1 aromatic heterocycles. The second kappa shape index (κ2) is 17.1. The molecule has 2 heterocycles. The predicted octanol–water partition coefficient (Wildman–Crippen LogP) is 3.53. The number of methoxy groups -OCH3 is 1. The molecule has 0 bridgehead atoms. The molecule has 1 saturated heterocycles. The summed E-state index contributed by atoms with van der Waals surface area (Å²) >= 11 is 0. The third-order valence-electron chi connectivity index (χ3n) is 9.61. The fourth-order valence-corrected chi connectivity index (χ4v) is 6.69. The van der Waals surface area contributed by atoms with Crippen LogP contribution in [0.1, 0.15) is 67.1 Å². The van der Waals surface area contributed by atoms with Crippen LogP contribution in [-0.4, -0.2) is 88.6 Å². The zero-order valence-electron chi connectivity index (χ0n) is 28.8. The van der Waals surface area contributed by atoms with Gasteiger partial charge in [0.2, 0.25) is 17.7 Å². The number of hydrogen-bond acceptors (Lipinski definition) is 7. The van der Waals surface area contributed by atoms with Gasteiger partial charge >= 0.3 is 0 Å². The molecule has 0 spiro atoms. The number of benzene rings is 2. The summed E-state index contributed by atoms with van der Waals surface area (Å²) in [4.78, 5) is 56.9. The molecule has 2 fully saturated rings. The molecule has 1 saturated carbocycles. The first-order valence-corrected chi connectivity index (χ1v) is 17.4. The molecule has 2 aromatic carbocycles. The van der Waals surface area contributed by atoms with Gasteiger partial charge in [-0.2, -0.15) is 5.10 Å². The molecule has 49 heavy (non-hydrogen) atoms. The van der Waals surface area contributed by atoms with Gasteiger partial charge in [0.1, 0.15) is 23.5 Å². The molecule has 12 nitrogen and oxygen atoms in total. The van der Waals surface area contributed by atoms with E-state index in [1.54, 1.807) is 45.5 Å². The van der Waals surface area contributed by atoms with Gasteiger partial charge in [-0.25, -0.2) is 0 Å². The summed E-state index contributed by atoms with van der Waals surface area (Å²) < 4.78 is 6.75. The third kappa shape index (κ3) is 9.69. The molecule has 1 unspecified atom stereocenters. The number of ether oxygens (including phenoxy) is 1. The van der Waals surface area contributed by atoms with E-state index in [-0.39, 0.29) is 36.0 Å². The molecule has 2 aliphatic rings. The topological polar surface area (TPSA) is 138 Å². The largest absolute Gasteiger partial charge is 0.497 e. The highest BCUT2D eigenvalue weighted by Crippen LogP contribution is 2.28. The van der Waals surface area contributed by atoms with E-state index in [2.05, 4.69) is 38.1 Å². The molecule has 262 valence electrons. The minimum atomic E-state index is -0.695. The van der Waals surface area contributed by atoms with Gasteiger partial charge in [-0.3, -0.25) is 28.8 Å². The summed E-state index contributed by atoms with van der Waals surface area (Å²) in [6.07, 6.45) is 7.10. The van der Waals surface area contributed by atoms with Crippen molar-refractivity contribution in [1.29, 1.82) is 0 Å².